The number of methoxy groups -OCH3 is 1. The molecular formula is C23H21N3O3S. The van der Waals surface area contributed by atoms with E-state index in [2.05, 4.69) is 0 Å². The molecule has 0 saturated heterocycles. The van der Waals surface area contributed by atoms with E-state index in [1.165, 1.54) is 11.3 Å². The monoisotopic (exact) mass is 419 g/mol. The van der Waals surface area contributed by atoms with Gasteiger partial charge in [0, 0.05) is 7.05 Å². The zero-order valence-electron chi connectivity index (χ0n) is 16.9. The average molecular weight is 420 g/mol. The highest BCUT2D eigenvalue weighted by molar-refractivity contribution is 7.12. The molecule has 0 radical (unpaired) electrons. The zero-order chi connectivity index (χ0) is 21.3. The molecule has 1 amide bonds. The van der Waals surface area contributed by atoms with Crippen molar-refractivity contribution in [3.05, 3.63) is 87.1 Å². The molecule has 0 aliphatic heterocycles. The van der Waals surface area contributed by atoms with E-state index in [1.807, 2.05) is 48.7 Å². The van der Waals surface area contributed by atoms with Crippen LogP contribution in [0.4, 0.5) is 0 Å². The van der Waals surface area contributed by atoms with Crippen LogP contribution in [0, 0.1) is 0 Å². The summed E-state index contributed by atoms with van der Waals surface area (Å²) >= 11 is 1.38. The molecule has 4 aromatic rings. The first-order valence-corrected chi connectivity index (χ1v) is 10.4. The SMILES string of the molecule is COc1ccccc1-n1c(C(C)N(C)C(=O)c2cccs2)nc2ccccc2c1=O. The van der Waals surface area contributed by atoms with Gasteiger partial charge < -0.3 is 9.64 Å². The number of hydrogen-bond acceptors (Lipinski definition) is 5. The molecule has 0 aliphatic carbocycles. The number of rotatable bonds is 5. The normalized spacial score (nSPS) is 12.0. The Labute approximate surface area is 178 Å². The van der Waals surface area contributed by atoms with Gasteiger partial charge in [-0.25, -0.2) is 4.98 Å². The van der Waals surface area contributed by atoms with Gasteiger partial charge in [0.25, 0.3) is 11.5 Å². The highest BCUT2D eigenvalue weighted by Gasteiger charge is 2.26. The Bertz CT molecular complexity index is 1260. The quantitative estimate of drug-likeness (QED) is 0.484. The van der Waals surface area contributed by atoms with Crippen molar-refractivity contribution < 1.29 is 9.53 Å². The summed E-state index contributed by atoms with van der Waals surface area (Å²) in [6.45, 7) is 1.87. The van der Waals surface area contributed by atoms with Crippen molar-refractivity contribution in [2.45, 2.75) is 13.0 Å². The Balaban J connectivity index is 1.94. The van der Waals surface area contributed by atoms with Crippen LogP contribution in [0.1, 0.15) is 28.5 Å². The van der Waals surface area contributed by atoms with Gasteiger partial charge >= 0.3 is 0 Å². The molecule has 0 aliphatic rings. The van der Waals surface area contributed by atoms with Gasteiger partial charge in [-0.15, -0.1) is 11.3 Å². The minimum absolute atomic E-state index is 0.119. The van der Waals surface area contributed by atoms with Crippen LogP contribution < -0.4 is 10.3 Å². The summed E-state index contributed by atoms with van der Waals surface area (Å²) in [5, 5.41) is 2.37. The van der Waals surface area contributed by atoms with Gasteiger partial charge in [0.05, 0.1) is 34.6 Å². The minimum atomic E-state index is -0.457. The van der Waals surface area contributed by atoms with Crippen LogP contribution in [0.25, 0.3) is 16.6 Å². The van der Waals surface area contributed by atoms with Gasteiger partial charge in [0.15, 0.2) is 0 Å². The fourth-order valence-electron chi connectivity index (χ4n) is 3.40. The molecular weight excluding hydrogens is 398 g/mol. The van der Waals surface area contributed by atoms with Crippen molar-refractivity contribution in [3.8, 4) is 11.4 Å². The Kier molecular flexibility index (Phi) is 5.37. The van der Waals surface area contributed by atoms with E-state index in [9.17, 15) is 9.59 Å². The lowest BCUT2D eigenvalue weighted by Gasteiger charge is -2.27. The van der Waals surface area contributed by atoms with Crippen molar-refractivity contribution in [3.63, 3.8) is 0 Å². The number of hydrogen-bond donors (Lipinski definition) is 0. The largest absolute Gasteiger partial charge is 0.495 e. The van der Waals surface area contributed by atoms with Crippen LogP contribution in [-0.2, 0) is 0 Å². The van der Waals surface area contributed by atoms with Crippen molar-refractivity contribution in [1.82, 2.24) is 14.5 Å². The third kappa shape index (κ3) is 3.37. The maximum absolute atomic E-state index is 13.5. The second-order valence-electron chi connectivity index (χ2n) is 6.87. The number of thiophene rings is 1. The van der Waals surface area contributed by atoms with Crippen LogP contribution in [0.5, 0.6) is 5.75 Å². The summed E-state index contributed by atoms with van der Waals surface area (Å²) in [5.41, 5.74) is 0.971. The highest BCUT2D eigenvalue weighted by Crippen LogP contribution is 2.28. The Hall–Kier alpha value is -3.45. The Morgan fingerprint density at radius 2 is 1.83 bits per heavy atom. The van der Waals surface area contributed by atoms with Crippen molar-refractivity contribution in [2.24, 2.45) is 0 Å². The molecule has 1 unspecified atom stereocenters. The molecule has 2 aromatic heterocycles. The molecule has 4 rings (SSSR count). The number of carbonyl (C=O) groups excluding carboxylic acids is 1. The summed E-state index contributed by atoms with van der Waals surface area (Å²) in [5.74, 6) is 0.902. The molecule has 0 fully saturated rings. The summed E-state index contributed by atoms with van der Waals surface area (Å²) < 4.78 is 7.05. The van der Waals surface area contributed by atoms with Gasteiger partial charge in [0.2, 0.25) is 0 Å². The van der Waals surface area contributed by atoms with Crippen LogP contribution >= 0.6 is 11.3 Å². The molecule has 0 N–H and O–H groups in total. The Morgan fingerprint density at radius 3 is 2.57 bits per heavy atom. The lowest BCUT2D eigenvalue weighted by Crippen LogP contribution is -2.34. The number of fused-ring (bicyclic) bond motifs is 1. The molecule has 2 aromatic carbocycles. The number of para-hydroxylation sites is 3. The fraction of sp³-hybridized carbons (Fsp3) is 0.174. The average Bonchev–Trinajstić information content (AvgIpc) is 3.32. The number of aromatic nitrogens is 2. The first-order chi connectivity index (χ1) is 14.5. The van der Waals surface area contributed by atoms with E-state index in [4.69, 9.17) is 9.72 Å². The lowest BCUT2D eigenvalue weighted by atomic mass is 10.1. The van der Waals surface area contributed by atoms with E-state index in [1.54, 1.807) is 47.9 Å². The first-order valence-electron chi connectivity index (χ1n) is 9.48. The second kappa shape index (κ2) is 8.12. The third-order valence-corrected chi connectivity index (χ3v) is 5.99. The number of ether oxygens (including phenoxy) is 1. The van der Waals surface area contributed by atoms with Gasteiger partial charge in [0.1, 0.15) is 11.6 Å². The molecule has 30 heavy (non-hydrogen) atoms. The third-order valence-electron chi connectivity index (χ3n) is 5.13. The smallest absolute Gasteiger partial charge is 0.266 e. The molecule has 0 spiro atoms. The van der Waals surface area contributed by atoms with Crippen LogP contribution in [-0.4, -0.2) is 34.5 Å². The predicted molar refractivity (Wildman–Crippen MR) is 119 cm³/mol. The van der Waals surface area contributed by atoms with E-state index >= 15 is 0 Å². The van der Waals surface area contributed by atoms with Crippen LogP contribution in [0.15, 0.2) is 70.8 Å². The van der Waals surface area contributed by atoms with Crippen molar-refractivity contribution in [2.75, 3.05) is 14.2 Å². The fourth-order valence-corrected chi connectivity index (χ4v) is 4.11. The number of amides is 1. The first kappa shape index (κ1) is 19.8. The molecule has 0 bridgehead atoms. The summed E-state index contributed by atoms with van der Waals surface area (Å²) in [4.78, 5) is 33.5. The van der Waals surface area contributed by atoms with Gasteiger partial charge in [-0.3, -0.25) is 14.2 Å². The minimum Gasteiger partial charge on any atom is -0.495 e. The van der Waals surface area contributed by atoms with Gasteiger partial charge in [-0.1, -0.05) is 30.3 Å². The number of benzene rings is 2. The highest BCUT2D eigenvalue weighted by atomic mass is 32.1. The van der Waals surface area contributed by atoms with E-state index < -0.39 is 6.04 Å². The molecule has 2 heterocycles. The molecule has 6 nitrogen and oxygen atoms in total. The molecule has 152 valence electrons. The topological polar surface area (TPSA) is 64.4 Å². The van der Waals surface area contributed by atoms with Gasteiger partial charge in [-0.2, -0.15) is 0 Å². The van der Waals surface area contributed by atoms with Crippen LogP contribution in [0.3, 0.4) is 0 Å². The molecule has 7 heteroatoms. The maximum atomic E-state index is 13.5. The van der Waals surface area contributed by atoms with Gasteiger partial charge in [-0.05, 0) is 42.6 Å². The maximum Gasteiger partial charge on any atom is 0.266 e. The summed E-state index contributed by atoms with van der Waals surface area (Å²) in [6.07, 6.45) is 0. The van der Waals surface area contributed by atoms with Crippen molar-refractivity contribution in [1.29, 1.82) is 0 Å². The Morgan fingerprint density at radius 1 is 1.10 bits per heavy atom. The van der Waals surface area contributed by atoms with Crippen LogP contribution in [0.2, 0.25) is 0 Å². The van der Waals surface area contributed by atoms with E-state index in [0.717, 1.165) is 0 Å². The van der Waals surface area contributed by atoms with Crippen molar-refractivity contribution >= 4 is 28.1 Å². The molecule has 0 saturated carbocycles. The number of nitrogens with zero attached hydrogens (tertiary/aromatic N) is 3. The number of carbonyl (C=O) groups is 1. The van der Waals surface area contributed by atoms with E-state index in [-0.39, 0.29) is 11.5 Å². The predicted octanol–water partition coefficient (Wildman–Crippen LogP) is 4.29. The summed E-state index contributed by atoms with van der Waals surface area (Å²) in [7, 11) is 3.29. The lowest BCUT2D eigenvalue weighted by molar-refractivity contribution is 0.0740. The molecule has 1 atom stereocenters. The zero-order valence-corrected chi connectivity index (χ0v) is 17.7. The second-order valence-corrected chi connectivity index (χ2v) is 7.82. The standard InChI is InChI=1S/C23H21N3O3S/c1-15(25(2)23(28)20-13-8-14-30-20)21-24-17-10-5-4-9-16(17)22(27)26(21)18-11-6-7-12-19(18)29-3/h4-15H,1-3H3. The summed E-state index contributed by atoms with van der Waals surface area (Å²) in [6, 6.07) is 17.7. The van der Waals surface area contributed by atoms with E-state index in [0.29, 0.717) is 33.0 Å².